The number of nitrogens with one attached hydrogen (secondary N) is 1. The topological polar surface area (TPSA) is 84.9 Å². The standard InChI is InChI=1S/C23H28N2O5S/c1-16-8-9-17(31(27,28)25-10-12-29-13-11-25)14-19(16)22(26)24-20-15-23(2,3)30-21-7-5-4-6-18(20)21/h4-9,14,20H,10-13,15H2,1-3H3,(H,24,26). The van der Waals surface area contributed by atoms with Gasteiger partial charge in [0, 0.05) is 30.6 Å². The Kier molecular flexibility index (Phi) is 5.81. The van der Waals surface area contributed by atoms with Crippen LogP contribution in [0.5, 0.6) is 5.75 Å². The summed E-state index contributed by atoms with van der Waals surface area (Å²) in [7, 11) is -3.68. The molecule has 31 heavy (non-hydrogen) atoms. The zero-order valence-electron chi connectivity index (χ0n) is 18.1. The summed E-state index contributed by atoms with van der Waals surface area (Å²) in [6.45, 7) is 7.15. The van der Waals surface area contributed by atoms with Gasteiger partial charge in [0.15, 0.2) is 0 Å². The van der Waals surface area contributed by atoms with Crippen molar-refractivity contribution in [3.63, 3.8) is 0 Å². The normalized spacial score (nSPS) is 21.1. The lowest BCUT2D eigenvalue weighted by atomic mass is 9.89. The van der Waals surface area contributed by atoms with E-state index in [-0.39, 0.29) is 16.8 Å². The first-order chi connectivity index (χ1) is 14.7. The molecule has 1 atom stereocenters. The first kappa shape index (κ1) is 21.8. The van der Waals surface area contributed by atoms with Gasteiger partial charge in [0.2, 0.25) is 10.0 Å². The number of amides is 1. The van der Waals surface area contributed by atoms with Crippen molar-refractivity contribution in [1.29, 1.82) is 0 Å². The Balaban J connectivity index is 1.62. The number of nitrogens with zero attached hydrogens (tertiary/aromatic N) is 1. The van der Waals surface area contributed by atoms with E-state index < -0.39 is 15.6 Å². The van der Waals surface area contributed by atoms with E-state index >= 15 is 0 Å². The van der Waals surface area contributed by atoms with Crippen LogP contribution in [0.15, 0.2) is 47.4 Å². The van der Waals surface area contributed by atoms with Crippen molar-refractivity contribution in [3.05, 3.63) is 59.2 Å². The highest BCUT2D eigenvalue weighted by molar-refractivity contribution is 7.89. The summed E-state index contributed by atoms with van der Waals surface area (Å²) >= 11 is 0. The molecule has 0 aromatic heterocycles. The maximum Gasteiger partial charge on any atom is 0.252 e. The van der Waals surface area contributed by atoms with Crippen LogP contribution < -0.4 is 10.1 Å². The van der Waals surface area contributed by atoms with Crippen molar-refractivity contribution in [2.45, 2.75) is 43.7 Å². The lowest BCUT2D eigenvalue weighted by molar-refractivity contribution is 0.0619. The molecular weight excluding hydrogens is 416 g/mol. The van der Waals surface area contributed by atoms with E-state index in [1.807, 2.05) is 45.0 Å². The van der Waals surface area contributed by atoms with Crippen molar-refractivity contribution < 1.29 is 22.7 Å². The molecule has 1 N–H and O–H groups in total. The summed E-state index contributed by atoms with van der Waals surface area (Å²) in [5.41, 5.74) is 1.57. The van der Waals surface area contributed by atoms with E-state index in [1.54, 1.807) is 12.1 Å². The van der Waals surface area contributed by atoms with Crippen molar-refractivity contribution >= 4 is 15.9 Å². The minimum absolute atomic E-state index is 0.123. The SMILES string of the molecule is Cc1ccc(S(=O)(=O)N2CCOCC2)cc1C(=O)NC1CC(C)(C)Oc2ccccc21. The molecule has 8 heteroatoms. The highest BCUT2D eigenvalue weighted by Crippen LogP contribution is 2.39. The molecule has 7 nitrogen and oxygen atoms in total. The molecule has 2 aromatic carbocycles. The number of aryl methyl sites for hydroxylation is 1. The molecule has 2 aliphatic rings. The predicted molar refractivity (Wildman–Crippen MR) is 117 cm³/mol. The van der Waals surface area contributed by atoms with Crippen molar-refractivity contribution in [2.75, 3.05) is 26.3 Å². The lowest BCUT2D eigenvalue weighted by Gasteiger charge is -2.38. The highest BCUT2D eigenvalue weighted by Gasteiger charge is 2.35. The Labute approximate surface area is 183 Å². The van der Waals surface area contributed by atoms with Crippen molar-refractivity contribution in [3.8, 4) is 5.75 Å². The van der Waals surface area contributed by atoms with Gasteiger partial charge in [-0.25, -0.2) is 8.42 Å². The molecule has 2 aromatic rings. The summed E-state index contributed by atoms with van der Waals surface area (Å²) in [6.07, 6.45) is 0.612. The van der Waals surface area contributed by atoms with Crippen LogP contribution in [-0.2, 0) is 14.8 Å². The largest absolute Gasteiger partial charge is 0.487 e. The second-order valence-corrected chi connectivity index (χ2v) is 10.6. The minimum Gasteiger partial charge on any atom is -0.487 e. The Morgan fingerprint density at radius 3 is 2.58 bits per heavy atom. The van der Waals surface area contributed by atoms with Gasteiger partial charge in [0.1, 0.15) is 11.4 Å². The third kappa shape index (κ3) is 4.46. The number of hydrogen-bond donors (Lipinski definition) is 1. The molecular formula is C23H28N2O5S. The molecule has 0 bridgehead atoms. The maximum absolute atomic E-state index is 13.2. The lowest BCUT2D eigenvalue weighted by Crippen LogP contribution is -2.41. The van der Waals surface area contributed by atoms with E-state index in [9.17, 15) is 13.2 Å². The summed E-state index contributed by atoms with van der Waals surface area (Å²) in [4.78, 5) is 13.4. The summed E-state index contributed by atoms with van der Waals surface area (Å²) in [6, 6.07) is 12.2. The highest BCUT2D eigenvalue weighted by atomic mass is 32.2. The number of benzene rings is 2. The first-order valence-corrected chi connectivity index (χ1v) is 11.9. The zero-order chi connectivity index (χ0) is 22.2. The Morgan fingerprint density at radius 2 is 1.84 bits per heavy atom. The molecule has 1 unspecified atom stereocenters. The molecule has 166 valence electrons. The fourth-order valence-corrected chi connectivity index (χ4v) is 5.54. The van der Waals surface area contributed by atoms with Crippen LogP contribution in [0.2, 0.25) is 0 Å². The molecule has 0 aliphatic carbocycles. The van der Waals surface area contributed by atoms with E-state index in [2.05, 4.69) is 5.32 Å². The van der Waals surface area contributed by atoms with Crippen LogP contribution in [0.4, 0.5) is 0 Å². The zero-order valence-corrected chi connectivity index (χ0v) is 18.9. The van der Waals surface area contributed by atoms with Gasteiger partial charge in [-0.05, 0) is 44.5 Å². The van der Waals surface area contributed by atoms with Gasteiger partial charge >= 0.3 is 0 Å². The van der Waals surface area contributed by atoms with Crippen LogP contribution >= 0.6 is 0 Å². The Bertz CT molecular complexity index is 1090. The number of carbonyl (C=O) groups excluding carboxylic acids is 1. The number of ether oxygens (including phenoxy) is 2. The van der Waals surface area contributed by atoms with Crippen LogP contribution in [-0.4, -0.2) is 50.5 Å². The third-order valence-corrected chi connectivity index (χ3v) is 7.64. The van der Waals surface area contributed by atoms with Gasteiger partial charge < -0.3 is 14.8 Å². The summed E-state index contributed by atoms with van der Waals surface area (Å²) in [5.74, 6) is 0.457. The Morgan fingerprint density at radius 1 is 1.13 bits per heavy atom. The number of morpholine rings is 1. The van der Waals surface area contributed by atoms with Crippen LogP contribution in [0.3, 0.4) is 0 Å². The van der Waals surface area contributed by atoms with Gasteiger partial charge in [0.05, 0.1) is 24.2 Å². The van der Waals surface area contributed by atoms with Crippen LogP contribution in [0.25, 0.3) is 0 Å². The second-order valence-electron chi connectivity index (χ2n) is 8.62. The van der Waals surface area contributed by atoms with Crippen molar-refractivity contribution in [1.82, 2.24) is 9.62 Å². The smallest absolute Gasteiger partial charge is 0.252 e. The molecule has 4 rings (SSSR count). The number of sulfonamides is 1. The van der Waals surface area contributed by atoms with Gasteiger partial charge in [0.25, 0.3) is 5.91 Å². The predicted octanol–water partition coefficient (Wildman–Crippen LogP) is 3.05. The van der Waals surface area contributed by atoms with Crippen molar-refractivity contribution in [2.24, 2.45) is 0 Å². The number of hydrogen-bond acceptors (Lipinski definition) is 5. The number of fused-ring (bicyclic) bond motifs is 1. The van der Waals surface area contributed by atoms with Gasteiger partial charge in [-0.15, -0.1) is 0 Å². The maximum atomic E-state index is 13.2. The van der Waals surface area contributed by atoms with Crippen LogP contribution in [0.1, 0.15) is 47.8 Å². The van der Waals surface area contributed by atoms with Crippen LogP contribution in [0, 0.1) is 6.92 Å². The van der Waals surface area contributed by atoms with Gasteiger partial charge in [-0.2, -0.15) is 4.31 Å². The molecule has 0 radical (unpaired) electrons. The van der Waals surface area contributed by atoms with E-state index in [0.29, 0.717) is 38.3 Å². The fraction of sp³-hybridized carbons (Fsp3) is 0.435. The van der Waals surface area contributed by atoms with E-state index in [0.717, 1.165) is 16.9 Å². The van der Waals surface area contributed by atoms with Gasteiger partial charge in [-0.3, -0.25) is 4.79 Å². The first-order valence-electron chi connectivity index (χ1n) is 10.4. The fourth-order valence-electron chi connectivity index (χ4n) is 4.11. The molecule has 2 aliphatic heterocycles. The molecule has 1 amide bonds. The second kappa shape index (κ2) is 8.26. The molecule has 1 saturated heterocycles. The average molecular weight is 445 g/mol. The summed E-state index contributed by atoms with van der Waals surface area (Å²) in [5, 5.41) is 3.10. The third-order valence-electron chi connectivity index (χ3n) is 5.74. The quantitative estimate of drug-likeness (QED) is 0.784. The molecule has 0 spiro atoms. The van der Waals surface area contributed by atoms with E-state index in [1.165, 1.54) is 10.4 Å². The number of para-hydroxylation sites is 1. The molecule has 0 saturated carbocycles. The average Bonchev–Trinajstić information content (AvgIpc) is 2.73. The summed E-state index contributed by atoms with van der Waals surface area (Å²) < 4.78 is 38.8. The number of rotatable bonds is 4. The van der Waals surface area contributed by atoms with E-state index in [4.69, 9.17) is 9.47 Å². The number of carbonyl (C=O) groups is 1. The monoisotopic (exact) mass is 444 g/mol. The minimum atomic E-state index is -3.68. The molecule has 1 fully saturated rings. The Hall–Kier alpha value is -2.42. The molecule has 2 heterocycles. The van der Waals surface area contributed by atoms with Gasteiger partial charge in [-0.1, -0.05) is 24.3 Å².